The number of hydrogen-bond donors (Lipinski definition) is 0. The number of benzene rings is 1. The summed E-state index contributed by atoms with van der Waals surface area (Å²) < 4.78 is 3.61. The van der Waals surface area contributed by atoms with E-state index in [-0.39, 0.29) is 11.0 Å². The van der Waals surface area contributed by atoms with Crippen molar-refractivity contribution in [2.45, 2.75) is 57.7 Å². The Kier molecular flexibility index (Phi) is 4.41. The molecule has 0 aliphatic heterocycles. The number of fused-ring (bicyclic) bond motifs is 4. The van der Waals surface area contributed by atoms with E-state index in [1.54, 1.807) is 4.40 Å². The lowest BCUT2D eigenvalue weighted by molar-refractivity contribution is 0.488. The van der Waals surface area contributed by atoms with E-state index in [9.17, 15) is 4.79 Å². The van der Waals surface area contributed by atoms with Gasteiger partial charge in [-0.3, -0.25) is 4.79 Å². The van der Waals surface area contributed by atoms with Crippen LogP contribution in [-0.2, 0) is 18.4 Å². The summed E-state index contributed by atoms with van der Waals surface area (Å²) in [6.45, 7) is 9.43. The van der Waals surface area contributed by atoms with E-state index in [0.717, 1.165) is 36.2 Å². The Bertz CT molecular complexity index is 1080. The van der Waals surface area contributed by atoms with Gasteiger partial charge in [-0.1, -0.05) is 63.7 Å². The van der Waals surface area contributed by atoms with Gasteiger partial charge in [0.05, 0.1) is 11.3 Å². The smallest absolute Gasteiger partial charge is 0.265 e. The van der Waals surface area contributed by atoms with Crippen LogP contribution in [0.2, 0.25) is 0 Å². The quantitative estimate of drug-likeness (QED) is 0.636. The molecule has 1 aromatic carbocycles. The molecule has 0 spiro atoms. The predicted octanol–water partition coefficient (Wildman–Crippen LogP) is 4.16. The van der Waals surface area contributed by atoms with Crippen molar-refractivity contribution in [3.8, 4) is 11.3 Å². The van der Waals surface area contributed by atoms with Crippen molar-refractivity contribution in [2.24, 2.45) is 5.92 Å². The zero-order valence-corrected chi connectivity index (χ0v) is 17.4. The molecule has 0 atom stereocenters. The molecule has 142 valence electrons. The predicted molar refractivity (Wildman–Crippen MR) is 111 cm³/mol. The monoisotopic (exact) mass is 382 g/mol. The van der Waals surface area contributed by atoms with Crippen LogP contribution in [0.1, 0.15) is 45.2 Å². The fourth-order valence-corrected chi connectivity index (χ4v) is 4.51. The van der Waals surface area contributed by atoms with Gasteiger partial charge in [-0.25, -0.2) is 14.1 Å². The Morgan fingerprint density at radius 2 is 2.00 bits per heavy atom. The van der Waals surface area contributed by atoms with E-state index in [1.807, 2.05) is 17.0 Å². The summed E-state index contributed by atoms with van der Waals surface area (Å²) in [5.41, 5.74) is 3.72. The molecule has 2 aromatic heterocycles. The second kappa shape index (κ2) is 6.51. The van der Waals surface area contributed by atoms with E-state index in [4.69, 9.17) is 10.1 Å². The average molecular weight is 383 g/mol. The number of rotatable bonds is 4. The lowest BCUT2D eigenvalue weighted by atomic mass is 9.72. The van der Waals surface area contributed by atoms with Crippen molar-refractivity contribution in [1.29, 1.82) is 0 Å². The van der Waals surface area contributed by atoms with Gasteiger partial charge in [0.15, 0.2) is 5.16 Å². The third-order valence-electron chi connectivity index (χ3n) is 5.38. The molecule has 0 saturated carbocycles. The van der Waals surface area contributed by atoms with Gasteiger partial charge in [-0.2, -0.15) is 0 Å². The molecule has 1 aliphatic carbocycles. The van der Waals surface area contributed by atoms with Crippen LogP contribution >= 0.6 is 11.8 Å². The van der Waals surface area contributed by atoms with Crippen molar-refractivity contribution in [3.05, 3.63) is 45.7 Å². The highest BCUT2D eigenvalue weighted by Crippen LogP contribution is 2.40. The van der Waals surface area contributed by atoms with Crippen LogP contribution in [0.3, 0.4) is 0 Å². The fourth-order valence-electron chi connectivity index (χ4n) is 3.99. The van der Waals surface area contributed by atoms with Gasteiger partial charge in [-0.05, 0) is 30.6 Å². The van der Waals surface area contributed by atoms with Gasteiger partial charge in [0.2, 0.25) is 5.78 Å². The third-order valence-corrected chi connectivity index (χ3v) is 6.01. The first-order valence-electron chi connectivity index (χ1n) is 9.50. The first-order chi connectivity index (χ1) is 12.8. The van der Waals surface area contributed by atoms with Gasteiger partial charge < -0.3 is 0 Å². The first kappa shape index (κ1) is 18.3. The molecule has 0 fully saturated rings. The third kappa shape index (κ3) is 2.90. The Morgan fingerprint density at radius 1 is 1.26 bits per heavy atom. The van der Waals surface area contributed by atoms with Crippen molar-refractivity contribution < 1.29 is 0 Å². The second-order valence-corrected chi connectivity index (χ2v) is 9.16. The summed E-state index contributed by atoms with van der Waals surface area (Å²) >= 11 is 1.49. The molecule has 27 heavy (non-hydrogen) atoms. The lowest BCUT2D eigenvalue weighted by Gasteiger charge is -2.32. The molecular weight excluding hydrogens is 356 g/mol. The molecule has 1 aliphatic rings. The van der Waals surface area contributed by atoms with Crippen LogP contribution < -0.4 is 5.56 Å². The van der Waals surface area contributed by atoms with E-state index in [2.05, 4.69) is 45.9 Å². The lowest BCUT2D eigenvalue weighted by Crippen LogP contribution is -2.36. The van der Waals surface area contributed by atoms with Crippen LogP contribution in [0.4, 0.5) is 0 Å². The molecule has 0 unspecified atom stereocenters. The van der Waals surface area contributed by atoms with Crippen molar-refractivity contribution in [2.75, 3.05) is 6.26 Å². The minimum absolute atomic E-state index is 0.0228. The first-order valence-corrected chi connectivity index (χ1v) is 10.7. The van der Waals surface area contributed by atoms with E-state index in [1.165, 1.54) is 17.3 Å². The van der Waals surface area contributed by atoms with Crippen LogP contribution in [-0.4, -0.2) is 25.4 Å². The van der Waals surface area contributed by atoms with Gasteiger partial charge in [0.25, 0.3) is 5.56 Å². The van der Waals surface area contributed by atoms with Gasteiger partial charge in [-0.15, -0.1) is 5.10 Å². The van der Waals surface area contributed by atoms with Crippen molar-refractivity contribution >= 4 is 17.5 Å². The molecule has 0 saturated heterocycles. The van der Waals surface area contributed by atoms with Crippen LogP contribution in [0, 0.1) is 5.92 Å². The number of aromatic nitrogens is 4. The minimum atomic E-state index is -0.259. The highest BCUT2D eigenvalue weighted by Gasteiger charge is 2.36. The highest BCUT2D eigenvalue weighted by atomic mass is 32.2. The van der Waals surface area contributed by atoms with Gasteiger partial charge in [0, 0.05) is 17.5 Å². The maximum atomic E-state index is 13.6. The van der Waals surface area contributed by atoms with Crippen LogP contribution in [0.25, 0.3) is 17.0 Å². The molecule has 6 heteroatoms. The molecule has 5 nitrogen and oxygen atoms in total. The highest BCUT2D eigenvalue weighted by molar-refractivity contribution is 7.98. The molecule has 2 heterocycles. The largest absolute Gasteiger partial charge is 0.268 e. The summed E-state index contributed by atoms with van der Waals surface area (Å²) in [7, 11) is 0. The maximum Gasteiger partial charge on any atom is 0.265 e. The molecule has 0 radical (unpaired) electrons. The Hall–Kier alpha value is -2.08. The number of aryl methyl sites for hydroxylation is 1. The zero-order chi connectivity index (χ0) is 19.3. The Morgan fingerprint density at radius 3 is 2.70 bits per heavy atom. The zero-order valence-electron chi connectivity index (χ0n) is 16.6. The molecule has 0 bridgehead atoms. The Balaban J connectivity index is 2.05. The molecule has 4 rings (SSSR count). The second-order valence-electron chi connectivity index (χ2n) is 8.39. The SMILES string of the molecule is CSc1nn(CCC(C)C)c2nc3c(c(=O)n12)C(C)(C)Cc1ccccc1-3. The average Bonchev–Trinajstić information content (AvgIpc) is 2.97. The standard InChI is InChI=1S/C21H26N4OS/c1-13(2)10-11-24-19-22-17-15-9-7-6-8-14(15)12-21(3,4)16(17)18(26)25(19)20(23-24)27-5/h6-9,13H,10-12H2,1-5H3. The summed E-state index contributed by atoms with van der Waals surface area (Å²) in [4.78, 5) is 18.6. The number of hydrogen-bond acceptors (Lipinski definition) is 4. The van der Waals surface area contributed by atoms with Crippen LogP contribution in [0.5, 0.6) is 0 Å². The van der Waals surface area contributed by atoms with Gasteiger partial charge >= 0.3 is 0 Å². The van der Waals surface area contributed by atoms with E-state index >= 15 is 0 Å². The number of thioether (sulfide) groups is 1. The van der Waals surface area contributed by atoms with Crippen LogP contribution in [0.15, 0.2) is 34.2 Å². The van der Waals surface area contributed by atoms with E-state index in [0.29, 0.717) is 16.9 Å². The Labute approximate surface area is 163 Å². The molecular formula is C21H26N4OS. The fraction of sp³-hybridized carbons (Fsp3) is 0.476. The van der Waals surface area contributed by atoms with Crippen molar-refractivity contribution in [3.63, 3.8) is 0 Å². The van der Waals surface area contributed by atoms with E-state index < -0.39 is 0 Å². The minimum Gasteiger partial charge on any atom is -0.268 e. The summed E-state index contributed by atoms with van der Waals surface area (Å²) in [6, 6.07) is 8.31. The van der Waals surface area contributed by atoms with Gasteiger partial charge in [0.1, 0.15) is 0 Å². The maximum absolute atomic E-state index is 13.6. The topological polar surface area (TPSA) is 52.2 Å². The summed E-state index contributed by atoms with van der Waals surface area (Å²) in [5.74, 6) is 1.22. The molecule has 3 aromatic rings. The summed E-state index contributed by atoms with van der Waals surface area (Å²) in [6.07, 6.45) is 3.80. The molecule has 0 amide bonds. The number of nitrogens with zero attached hydrogens (tertiary/aromatic N) is 4. The normalized spacial score (nSPS) is 15.2. The summed E-state index contributed by atoms with van der Waals surface area (Å²) in [5, 5.41) is 5.41. The molecule has 0 N–H and O–H groups in total. The van der Waals surface area contributed by atoms with Crippen molar-refractivity contribution in [1.82, 2.24) is 19.2 Å².